The van der Waals surface area contributed by atoms with Gasteiger partial charge in [-0.1, -0.05) is 343 Å². The molecule has 0 heterocycles. The van der Waals surface area contributed by atoms with E-state index in [2.05, 4.69) is 41.5 Å². The molecule has 0 aromatic heterocycles. The lowest BCUT2D eigenvalue weighted by Crippen LogP contribution is -2.30. The minimum Gasteiger partial charge on any atom is -0.462 e. The van der Waals surface area contributed by atoms with Crippen molar-refractivity contribution in [3.8, 4) is 0 Å². The highest BCUT2D eigenvalue weighted by Gasteiger charge is 2.30. The fraction of sp³-hybridized carbons (Fsp3) is 0.947. The first-order valence-corrected chi connectivity index (χ1v) is 42.5. The summed E-state index contributed by atoms with van der Waals surface area (Å²) in [6, 6.07) is 0. The summed E-state index contributed by atoms with van der Waals surface area (Å²) in [5, 5.41) is 10.6. The number of carbonyl (C=O) groups excluding carboxylic acids is 4. The maximum Gasteiger partial charge on any atom is 0.472 e. The number of carbonyl (C=O) groups is 4. The highest BCUT2D eigenvalue weighted by Crippen LogP contribution is 2.45. The van der Waals surface area contributed by atoms with Crippen LogP contribution in [0.25, 0.3) is 0 Å². The van der Waals surface area contributed by atoms with Crippen LogP contribution in [0.15, 0.2) is 0 Å². The number of rotatable bonds is 75. The number of aliphatic hydroxyl groups excluding tert-OH is 1. The second-order valence-corrected chi connectivity index (χ2v) is 31.0. The zero-order chi connectivity index (χ0) is 70.0. The number of ether oxygens (including phenoxy) is 4. The Kier molecular flexibility index (Phi) is 66.5. The van der Waals surface area contributed by atoms with Gasteiger partial charge in [-0.05, 0) is 37.5 Å². The highest BCUT2D eigenvalue weighted by atomic mass is 31.2. The molecule has 95 heavy (non-hydrogen) atoms. The van der Waals surface area contributed by atoms with Crippen molar-refractivity contribution >= 4 is 39.5 Å². The smallest absolute Gasteiger partial charge is 0.462 e. The van der Waals surface area contributed by atoms with Crippen molar-refractivity contribution in [3.05, 3.63) is 0 Å². The summed E-state index contributed by atoms with van der Waals surface area (Å²) in [5.74, 6) is -0.513. The maximum atomic E-state index is 13.1. The molecule has 3 N–H and O–H groups in total. The van der Waals surface area contributed by atoms with Crippen molar-refractivity contribution in [2.45, 2.75) is 413 Å². The SMILES string of the molecule is CCCCCCCCCCCCCCCCC(=O)OC[C@H](COP(=O)(O)OC[C@@H](O)COP(=O)(O)OC[C@@H](COC(=O)CCCCCCCCC)OC(=O)CCCCCCCCCCCC(C)C)OC(=O)CCCCCCCCCCCCCCCCCCCCC(C)CC. The molecule has 0 aromatic rings. The van der Waals surface area contributed by atoms with Crippen LogP contribution >= 0.6 is 15.6 Å². The number of phosphoric acid groups is 2. The number of unbranched alkanes of at least 4 members (excludes halogenated alkanes) is 44. The van der Waals surface area contributed by atoms with Gasteiger partial charge in [-0.3, -0.25) is 37.3 Å². The Bertz CT molecular complexity index is 1840. The van der Waals surface area contributed by atoms with Crippen LogP contribution < -0.4 is 0 Å². The summed E-state index contributed by atoms with van der Waals surface area (Å²) >= 11 is 0. The van der Waals surface area contributed by atoms with E-state index >= 15 is 0 Å². The van der Waals surface area contributed by atoms with Crippen LogP contribution in [0.2, 0.25) is 0 Å². The average molecular weight is 1400 g/mol. The molecule has 564 valence electrons. The highest BCUT2D eigenvalue weighted by molar-refractivity contribution is 7.47. The molecule has 0 rings (SSSR count). The van der Waals surface area contributed by atoms with Gasteiger partial charge in [0.15, 0.2) is 12.2 Å². The monoisotopic (exact) mass is 1400 g/mol. The number of hydrogen-bond donors (Lipinski definition) is 3. The molecule has 0 amide bonds. The van der Waals surface area contributed by atoms with E-state index in [1.807, 2.05) is 0 Å². The van der Waals surface area contributed by atoms with Crippen LogP contribution in [0.3, 0.4) is 0 Å². The molecule has 0 aliphatic rings. The first-order chi connectivity index (χ1) is 45.9. The number of phosphoric ester groups is 2. The molecule has 0 radical (unpaired) electrons. The van der Waals surface area contributed by atoms with Crippen molar-refractivity contribution < 1.29 is 80.2 Å². The third kappa shape index (κ3) is 69.0. The number of aliphatic hydroxyl groups is 1. The lowest BCUT2D eigenvalue weighted by molar-refractivity contribution is -0.161. The lowest BCUT2D eigenvalue weighted by atomic mass is 9.99. The van der Waals surface area contributed by atoms with Crippen LogP contribution in [-0.4, -0.2) is 96.7 Å². The lowest BCUT2D eigenvalue weighted by Gasteiger charge is -2.21. The van der Waals surface area contributed by atoms with Gasteiger partial charge in [0.2, 0.25) is 0 Å². The van der Waals surface area contributed by atoms with Crippen molar-refractivity contribution in [1.29, 1.82) is 0 Å². The predicted octanol–water partition coefficient (Wildman–Crippen LogP) is 22.3. The molecule has 0 saturated heterocycles. The standard InChI is InChI=1S/C76H148O17P2/c1-7-10-12-14-16-17-18-19-27-30-35-41-47-53-59-74(79)87-65-72(93-75(80)60-54-48-42-36-31-28-25-23-21-20-22-24-26-29-34-40-45-51-57-69(6)9-3)67-91-95(84,85)89-63-70(77)62-88-94(82,83)90-66-71(64-86-73(78)58-52-46-38-15-13-11-8-2)92-76(81)61-55-49-43-37-32-33-39-44-50-56-68(4)5/h68-72,77H,7-67H2,1-6H3,(H,82,83)(H,84,85)/t69?,70-,71+,72+/m0/s1. The molecular weight excluding hydrogens is 1250 g/mol. The van der Waals surface area contributed by atoms with Crippen molar-refractivity contribution in [3.63, 3.8) is 0 Å². The van der Waals surface area contributed by atoms with Crippen LogP contribution in [0, 0.1) is 11.8 Å². The molecule has 6 atom stereocenters. The minimum atomic E-state index is -4.96. The molecule has 0 aliphatic heterocycles. The zero-order valence-electron chi connectivity index (χ0n) is 62.0. The summed E-state index contributed by atoms with van der Waals surface area (Å²) < 4.78 is 68.4. The van der Waals surface area contributed by atoms with E-state index in [1.54, 1.807) is 0 Å². The summed E-state index contributed by atoms with van der Waals surface area (Å²) in [5.41, 5.74) is 0. The van der Waals surface area contributed by atoms with Gasteiger partial charge in [-0.25, -0.2) is 9.13 Å². The fourth-order valence-corrected chi connectivity index (χ4v) is 13.2. The Hall–Kier alpha value is -1.94. The molecule has 0 spiro atoms. The summed E-state index contributed by atoms with van der Waals surface area (Å²) in [6.45, 7) is 9.59. The topological polar surface area (TPSA) is 237 Å². The summed E-state index contributed by atoms with van der Waals surface area (Å²) in [6.07, 6.45) is 55.7. The zero-order valence-corrected chi connectivity index (χ0v) is 63.8. The Morgan fingerprint density at radius 2 is 0.537 bits per heavy atom. The van der Waals surface area contributed by atoms with E-state index in [0.29, 0.717) is 25.7 Å². The molecule has 0 bridgehead atoms. The Morgan fingerprint density at radius 1 is 0.305 bits per heavy atom. The van der Waals surface area contributed by atoms with Crippen molar-refractivity contribution in [2.24, 2.45) is 11.8 Å². The fourth-order valence-electron chi connectivity index (χ4n) is 11.6. The second kappa shape index (κ2) is 67.9. The Morgan fingerprint density at radius 3 is 0.800 bits per heavy atom. The van der Waals surface area contributed by atoms with Gasteiger partial charge in [0.05, 0.1) is 26.4 Å². The molecule has 0 aliphatic carbocycles. The van der Waals surface area contributed by atoms with E-state index in [0.717, 1.165) is 115 Å². The molecule has 0 saturated carbocycles. The predicted molar refractivity (Wildman–Crippen MR) is 386 cm³/mol. The van der Waals surface area contributed by atoms with Gasteiger partial charge < -0.3 is 33.8 Å². The third-order valence-corrected chi connectivity index (χ3v) is 20.0. The van der Waals surface area contributed by atoms with Crippen LogP contribution in [0.4, 0.5) is 0 Å². The normalized spacial score (nSPS) is 14.3. The van der Waals surface area contributed by atoms with E-state index in [1.165, 1.54) is 199 Å². The van der Waals surface area contributed by atoms with Crippen molar-refractivity contribution in [2.75, 3.05) is 39.6 Å². The molecule has 0 aromatic carbocycles. The average Bonchev–Trinajstić information content (AvgIpc) is 2.36. The Balaban J connectivity index is 5.15. The quantitative estimate of drug-likeness (QED) is 0.0222. The summed E-state index contributed by atoms with van der Waals surface area (Å²) in [4.78, 5) is 72.6. The minimum absolute atomic E-state index is 0.105. The number of hydrogen-bond acceptors (Lipinski definition) is 15. The first kappa shape index (κ1) is 93.1. The van der Waals surface area contributed by atoms with Crippen LogP contribution in [-0.2, 0) is 65.4 Å². The maximum absolute atomic E-state index is 13.1. The van der Waals surface area contributed by atoms with Gasteiger partial charge in [0, 0.05) is 25.7 Å². The van der Waals surface area contributed by atoms with Gasteiger partial charge in [-0.2, -0.15) is 0 Å². The van der Waals surface area contributed by atoms with Gasteiger partial charge >= 0.3 is 39.5 Å². The molecule has 19 heteroatoms. The van der Waals surface area contributed by atoms with Crippen LogP contribution in [0.1, 0.15) is 395 Å². The number of esters is 4. The van der Waals surface area contributed by atoms with Crippen molar-refractivity contribution in [1.82, 2.24) is 0 Å². The van der Waals surface area contributed by atoms with E-state index in [9.17, 15) is 43.2 Å². The van der Waals surface area contributed by atoms with E-state index in [4.69, 9.17) is 37.0 Å². The van der Waals surface area contributed by atoms with Gasteiger partial charge in [-0.15, -0.1) is 0 Å². The summed E-state index contributed by atoms with van der Waals surface area (Å²) in [7, 11) is -9.90. The van der Waals surface area contributed by atoms with Gasteiger partial charge in [0.25, 0.3) is 0 Å². The van der Waals surface area contributed by atoms with E-state index < -0.39 is 97.5 Å². The first-order valence-electron chi connectivity index (χ1n) is 39.5. The largest absolute Gasteiger partial charge is 0.472 e. The molecule has 3 unspecified atom stereocenters. The molecule has 17 nitrogen and oxygen atoms in total. The van der Waals surface area contributed by atoms with Crippen LogP contribution in [0.5, 0.6) is 0 Å². The Labute approximate surface area is 581 Å². The van der Waals surface area contributed by atoms with Gasteiger partial charge in [0.1, 0.15) is 19.3 Å². The van der Waals surface area contributed by atoms with E-state index in [-0.39, 0.29) is 25.7 Å². The third-order valence-electron chi connectivity index (χ3n) is 18.1. The second-order valence-electron chi connectivity index (χ2n) is 28.1. The molecular formula is C76H148O17P2. The molecule has 0 fully saturated rings.